The average Bonchev–Trinajstić information content (AvgIpc) is 2.74. The van der Waals surface area contributed by atoms with Gasteiger partial charge in [0.25, 0.3) is 5.91 Å². The lowest BCUT2D eigenvalue weighted by Gasteiger charge is -2.27. The Hall–Kier alpha value is -1.35. The van der Waals surface area contributed by atoms with E-state index in [-0.39, 0.29) is 29.9 Å². The number of nitrogens with one attached hydrogen (secondary N) is 1. The summed E-state index contributed by atoms with van der Waals surface area (Å²) in [6.07, 6.45) is 3.50. The fourth-order valence-corrected chi connectivity index (χ4v) is 3.54. The van der Waals surface area contributed by atoms with Gasteiger partial charge in [0.1, 0.15) is 0 Å². The molecule has 0 radical (unpaired) electrons. The number of halogens is 1. The molecule has 1 fully saturated rings. The van der Waals surface area contributed by atoms with Crippen molar-refractivity contribution in [1.29, 1.82) is 0 Å². The Balaban J connectivity index is 0.00000420. The summed E-state index contributed by atoms with van der Waals surface area (Å²) in [5.41, 5.74) is 1.88. The van der Waals surface area contributed by atoms with Crippen molar-refractivity contribution >= 4 is 35.8 Å². The number of guanidine groups is 1. The van der Waals surface area contributed by atoms with Crippen LogP contribution < -0.4 is 5.32 Å². The lowest BCUT2D eigenvalue weighted by Crippen LogP contribution is -2.39. The molecule has 0 bridgehead atoms. The molecule has 6 nitrogen and oxygen atoms in total. The molecule has 1 aliphatic heterocycles. The molecule has 7 heteroatoms. The Morgan fingerprint density at radius 2 is 1.79 bits per heavy atom. The summed E-state index contributed by atoms with van der Waals surface area (Å²) in [5.74, 6) is 1.74. The van der Waals surface area contributed by atoms with Gasteiger partial charge in [-0.2, -0.15) is 0 Å². The Kier molecular flexibility index (Phi) is 12.2. The largest absolute Gasteiger partial charge is 0.381 e. The van der Waals surface area contributed by atoms with Crippen LogP contribution in [0.3, 0.4) is 0 Å². The smallest absolute Gasteiger partial charge is 0.253 e. The van der Waals surface area contributed by atoms with Crippen molar-refractivity contribution in [3.63, 3.8) is 0 Å². The molecule has 1 amide bonds. The number of amides is 1. The quantitative estimate of drug-likeness (QED) is 0.326. The summed E-state index contributed by atoms with van der Waals surface area (Å²) in [6.45, 7) is 8.94. The van der Waals surface area contributed by atoms with Crippen molar-refractivity contribution in [2.45, 2.75) is 39.7 Å². The first-order valence-electron chi connectivity index (χ1n) is 10.5. The maximum absolute atomic E-state index is 12.4. The molecule has 0 spiro atoms. The summed E-state index contributed by atoms with van der Waals surface area (Å²) >= 11 is 0. The standard InChI is InChI=1S/C22H36N4O2.HI/c1-5-26(6-2)21(27)20-9-7-19(8-10-20)17-24-22(23-3)25(4)14-11-18-12-15-28-16-13-18;/h7-10,18H,5-6,11-17H2,1-4H3,(H,23,24);1H. The molecular weight excluding hydrogens is 479 g/mol. The fourth-order valence-electron chi connectivity index (χ4n) is 3.54. The number of ether oxygens (including phenoxy) is 1. The van der Waals surface area contributed by atoms with E-state index in [0.29, 0.717) is 6.54 Å². The minimum atomic E-state index is 0. The van der Waals surface area contributed by atoms with Gasteiger partial charge >= 0.3 is 0 Å². The topological polar surface area (TPSA) is 57.2 Å². The van der Waals surface area contributed by atoms with Gasteiger partial charge in [0.2, 0.25) is 0 Å². The monoisotopic (exact) mass is 516 g/mol. The van der Waals surface area contributed by atoms with Crippen LogP contribution in [-0.2, 0) is 11.3 Å². The van der Waals surface area contributed by atoms with Crippen LogP contribution >= 0.6 is 24.0 Å². The zero-order chi connectivity index (χ0) is 20.4. The minimum absolute atomic E-state index is 0. The number of hydrogen-bond acceptors (Lipinski definition) is 3. The molecule has 1 saturated heterocycles. The van der Waals surface area contributed by atoms with Gasteiger partial charge in [-0.05, 0) is 56.7 Å². The second kappa shape index (κ2) is 13.8. The molecular formula is C22H37IN4O2. The molecule has 1 heterocycles. The second-order valence-corrected chi connectivity index (χ2v) is 7.34. The first kappa shape index (κ1) is 25.7. The van der Waals surface area contributed by atoms with Gasteiger partial charge in [-0.1, -0.05) is 12.1 Å². The maximum Gasteiger partial charge on any atom is 0.253 e. The molecule has 1 aromatic carbocycles. The highest BCUT2D eigenvalue weighted by molar-refractivity contribution is 14.0. The van der Waals surface area contributed by atoms with Crippen LogP contribution in [0.1, 0.15) is 49.0 Å². The van der Waals surface area contributed by atoms with E-state index in [1.54, 1.807) is 0 Å². The number of carbonyl (C=O) groups is 1. The van der Waals surface area contributed by atoms with Crippen LogP contribution in [0.2, 0.25) is 0 Å². The second-order valence-electron chi connectivity index (χ2n) is 7.34. The summed E-state index contributed by atoms with van der Waals surface area (Å²) in [7, 11) is 3.90. The number of benzene rings is 1. The highest BCUT2D eigenvalue weighted by Gasteiger charge is 2.16. The number of nitrogens with zero attached hydrogens (tertiary/aromatic N) is 3. The molecule has 29 heavy (non-hydrogen) atoms. The van der Waals surface area contributed by atoms with Crippen LogP contribution in [0.25, 0.3) is 0 Å². The lowest BCUT2D eigenvalue weighted by atomic mass is 9.96. The number of hydrogen-bond donors (Lipinski definition) is 1. The molecule has 0 saturated carbocycles. The number of rotatable bonds is 8. The van der Waals surface area contributed by atoms with Gasteiger partial charge in [0, 0.05) is 59.1 Å². The van der Waals surface area contributed by atoms with Crippen LogP contribution in [-0.4, -0.2) is 68.6 Å². The zero-order valence-electron chi connectivity index (χ0n) is 18.3. The van der Waals surface area contributed by atoms with Crippen molar-refractivity contribution in [2.24, 2.45) is 10.9 Å². The fraction of sp³-hybridized carbons (Fsp3) is 0.636. The summed E-state index contributed by atoms with van der Waals surface area (Å²) in [4.78, 5) is 20.8. The van der Waals surface area contributed by atoms with E-state index in [1.165, 1.54) is 19.3 Å². The first-order valence-corrected chi connectivity index (χ1v) is 10.5. The van der Waals surface area contributed by atoms with Crippen molar-refractivity contribution in [2.75, 3.05) is 46.9 Å². The van der Waals surface area contributed by atoms with Gasteiger partial charge in [-0.15, -0.1) is 24.0 Å². The van der Waals surface area contributed by atoms with Gasteiger partial charge in [-0.25, -0.2) is 0 Å². The molecule has 2 rings (SSSR count). The molecule has 0 aliphatic carbocycles. The van der Waals surface area contributed by atoms with Gasteiger partial charge in [-0.3, -0.25) is 9.79 Å². The molecule has 0 aromatic heterocycles. The lowest BCUT2D eigenvalue weighted by molar-refractivity contribution is 0.0625. The van der Waals surface area contributed by atoms with Crippen LogP contribution in [0, 0.1) is 5.92 Å². The Morgan fingerprint density at radius 3 is 2.34 bits per heavy atom. The summed E-state index contributed by atoms with van der Waals surface area (Å²) in [6, 6.07) is 7.85. The van der Waals surface area contributed by atoms with E-state index in [0.717, 1.165) is 55.9 Å². The SMILES string of the molecule is CCN(CC)C(=O)c1ccc(CNC(=NC)N(C)CCC2CCOCC2)cc1.I. The number of aliphatic imine (C=N–C) groups is 1. The first-order chi connectivity index (χ1) is 13.6. The molecule has 1 aliphatic rings. The van der Waals surface area contributed by atoms with Crippen LogP contribution in [0.15, 0.2) is 29.3 Å². The van der Waals surface area contributed by atoms with Crippen molar-refractivity contribution < 1.29 is 9.53 Å². The predicted molar refractivity (Wildman–Crippen MR) is 130 cm³/mol. The van der Waals surface area contributed by atoms with E-state index in [2.05, 4.69) is 22.3 Å². The van der Waals surface area contributed by atoms with Gasteiger partial charge in [0.15, 0.2) is 5.96 Å². The zero-order valence-corrected chi connectivity index (χ0v) is 20.6. The Labute approximate surface area is 193 Å². The Bertz CT molecular complexity index is 626. The third-order valence-electron chi connectivity index (χ3n) is 5.49. The molecule has 0 unspecified atom stereocenters. The average molecular weight is 516 g/mol. The summed E-state index contributed by atoms with van der Waals surface area (Å²) in [5, 5.41) is 3.42. The highest BCUT2D eigenvalue weighted by atomic mass is 127. The Morgan fingerprint density at radius 1 is 1.17 bits per heavy atom. The predicted octanol–water partition coefficient (Wildman–Crippen LogP) is 3.61. The number of carbonyl (C=O) groups excluding carboxylic acids is 1. The maximum atomic E-state index is 12.4. The minimum Gasteiger partial charge on any atom is -0.381 e. The van der Waals surface area contributed by atoms with E-state index < -0.39 is 0 Å². The van der Waals surface area contributed by atoms with E-state index in [4.69, 9.17) is 4.74 Å². The van der Waals surface area contributed by atoms with E-state index in [1.807, 2.05) is 50.1 Å². The van der Waals surface area contributed by atoms with Gasteiger partial charge in [0.05, 0.1) is 0 Å². The van der Waals surface area contributed by atoms with Crippen molar-refractivity contribution in [1.82, 2.24) is 15.1 Å². The van der Waals surface area contributed by atoms with Crippen molar-refractivity contribution in [3.05, 3.63) is 35.4 Å². The molecule has 164 valence electrons. The van der Waals surface area contributed by atoms with Crippen LogP contribution in [0.5, 0.6) is 0 Å². The molecule has 1 aromatic rings. The highest BCUT2D eigenvalue weighted by Crippen LogP contribution is 2.18. The van der Waals surface area contributed by atoms with Gasteiger partial charge < -0.3 is 19.9 Å². The third-order valence-corrected chi connectivity index (χ3v) is 5.49. The third kappa shape index (κ3) is 8.12. The van der Waals surface area contributed by atoms with E-state index in [9.17, 15) is 4.79 Å². The van der Waals surface area contributed by atoms with Crippen molar-refractivity contribution in [3.8, 4) is 0 Å². The normalized spacial score (nSPS) is 14.8. The molecule has 1 N–H and O–H groups in total. The molecule has 0 atom stereocenters. The van der Waals surface area contributed by atoms with E-state index >= 15 is 0 Å². The summed E-state index contributed by atoms with van der Waals surface area (Å²) < 4.78 is 5.44. The van der Waals surface area contributed by atoms with Crippen LogP contribution in [0.4, 0.5) is 0 Å².